The van der Waals surface area contributed by atoms with Gasteiger partial charge in [-0.15, -0.1) is 0 Å². The van der Waals surface area contributed by atoms with Gasteiger partial charge >= 0.3 is 0 Å². The Balaban J connectivity index is 2.60. The summed E-state index contributed by atoms with van der Waals surface area (Å²) >= 11 is 0. The summed E-state index contributed by atoms with van der Waals surface area (Å²) in [5, 5.41) is 0. The fraction of sp³-hybridized carbons (Fsp3) is 0. The first-order valence-corrected chi connectivity index (χ1v) is 5.38. The van der Waals surface area contributed by atoms with Crippen molar-refractivity contribution in [3.05, 3.63) is 59.2 Å². The molecule has 0 bridgehead atoms. The average molecular weight is 240 g/mol. The lowest BCUT2D eigenvalue weighted by Crippen LogP contribution is -2.10. The van der Waals surface area contributed by atoms with Gasteiger partial charge in [0.05, 0.1) is 5.56 Å². The summed E-state index contributed by atoms with van der Waals surface area (Å²) in [7, 11) is 0. The van der Waals surface area contributed by atoms with Crippen molar-refractivity contribution in [2.45, 2.75) is 0 Å². The molecule has 0 aliphatic carbocycles. The Morgan fingerprint density at radius 2 is 1.61 bits per heavy atom. The normalized spacial score (nSPS) is 10.0. The number of anilines is 2. The number of rotatable bonds is 3. The van der Waals surface area contributed by atoms with Crippen LogP contribution in [0, 0.1) is 0 Å². The monoisotopic (exact) mass is 240 g/mol. The molecule has 0 atom stereocenters. The highest BCUT2D eigenvalue weighted by Gasteiger charge is 2.18. The van der Waals surface area contributed by atoms with Crippen LogP contribution >= 0.6 is 0 Å². The molecule has 0 heterocycles. The van der Waals surface area contributed by atoms with E-state index in [9.17, 15) is 9.59 Å². The molecule has 4 N–H and O–H groups in total. The first-order valence-electron chi connectivity index (χ1n) is 5.38. The highest BCUT2D eigenvalue weighted by Crippen LogP contribution is 2.22. The molecular weight excluding hydrogens is 228 g/mol. The zero-order chi connectivity index (χ0) is 13.1. The van der Waals surface area contributed by atoms with E-state index in [4.69, 9.17) is 11.5 Å². The van der Waals surface area contributed by atoms with Crippen LogP contribution in [-0.2, 0) is 0 Å². The SMILES string of the molecule is Nc1ccccc1C(=O)c1c(N)cccc1C=O. The van der Waals surface area contributed by atoms with Crippen LogP contribution in [0.4, 0.5) is 11.4 Å². The number of ketones is 1. The summed E-state index contributed by atoms with van der Waals surface area (Å²) < 4.78 is 0. The topological polar surface area (TPSA) is 86.2 Å². The molecule has 2 aromatic carbocycles. The molecule has 2 rings (SSSR count). The molecule has 0 aliphatic heterocycles. The van der Waals surface area contributed by atoms with Crippen LogP contribution in [0.2, 0.25) is 0 Å². The minimum Gasteiger partial charge on any atom is -0.398 e. The van der Waals surface area contributed by atoms with Crippen LogP contribution in [0.1, 0.15) is 26.3 Å². The van der Waals surface area contributed by atoms with Crippen molar-refractivity contribution in [2.24, 2.45) is 0 Å². The zero-order valence-electron chi connectivity index (χ0n) is 9.59. The Labute approximate surface area is 104 Å². The van der Waals surface area contributed by atoms with Crippen molar-refractivity contribution in [2.75, 3.05) is 11.5 Å². The standard InChI is InChI=1S/C14H12N2O2/c15-11-6-2-1-5-10(11)14(18)13-9(8-17)4-3-7-12(13)16/h1-8H,15-16H2. The van der Waals surface area contributed by atoms with E-state index in [0.29, 0.717) is 17.5 Å². The van der Waals surface area contributed by atoms with Gasteiger partial charge in [-0.1, -0.05) is 24.3 Å². The molecule has 0 unspecified atom stereocenters. The predicted octanol–water partition coefficient (Wildman–Crippen LogP) is 1.89. The molecule has 0 aliphatic rings. The molecule has 90 valence electrons. The Kier molecular flexibility index (Phi) is 3.10. The number of nitrogen functional groups attached to an aromatic ring is 2. The van der Waals surface area contributed by atoms with Gasteiger partial charge in [0.2, 0.25) is 0 Å². The Morgan fingerprint density at radius 1 is 0.944 bits per heavy atom. The predicted molar refractivity (Wildman–Crippen MR) is 70.5 cm³/mol. The van der Waals surface area contributed by atoms with Gasteiger partial charge in [-0.2, -0.15) is 0 Å². The lowest BCUT2D eigenvalue weighted by atomic mass is 9.96. The molecule has 0 fully saturated rings. The molecule has 18 heavy (non-hydrogen) atoms. The van der Waals surface area contributed by atoms with Crippen molar-refractivity contribution >= 4 is 23.4 Å². The number of carbonyl (C=O) groups is 2. The molecule has 4 nitrogen and oxygen atoms in total. The van der Waals surface area contributed by atoms with Crippen molar-refractivity contribution in [3.8, 4) is 0 Å². The molecule has 0 radical (unpaired) electrons. The Hall–Kier alpha value is -2.62. The van der Waals surface area contributed by atoms with E-state index in [-0.39, 0.29) is 22.6 Å². The molecule has 4 heteroatoms. The molecule has 0 saturated heterocycles. The van der Waals surface area contributed by atoms with Gasteiger partial charge in [0.25, 0.3) is 0 Å². The van der Waals surface area contributed by atoms with Crippen LogP contribution in [0.15, 0.2) is 42.5 Å². The number of para-hydroxylation sites is 1. The fourth-order valence-corrected chi connectivity index (χ4v) is 1.79. The molecular formula is C14H12N2O2. The molecule has 2 aromatic rings. The van der Waals surface area contributed by atoms with E-state index < -0.39 is 0 Å². The first-order chi connectivity index (χ1) is 8.65. The number of hydrogen-bond donors (Lipinski definition) is 2. The van der Waals surface area contributed by atoms with Crippen LogP contribution in [0.5, 0.6) is 0 Å². The van der Waals surface area contributed by atoms with E-state index in [0.717, 1.165) is 0 Å². The second-order valence-electron chi connectivity index (χ2n) is 3.85. The first kappa shape index (κ1) is 11.9. The van der Waals surface area contributed by atoms with E-state index in [1.54, 1.807) is 42.5 Å². The van der Waals surface area contributed by atoms with Gasteiger partial charge < -0.3 is 11.5 Å². The van der Waals surface area contributed by atoms with Gasteiger partial charge in [-0.3, -0.25) is 9.59 Å². The van der Waals surface area contributed by atoms with Crippen molar-refractivity contribution in [3.63, 3.8) is 0 Å². The highest BCUT2D eigenvalue weighted by atomic mass is 16.1. The quantitative estimate of drug-likeness (QED) is 0.487. The van der Waals surface area contributed by atoms with Gasteiger partial charge in [0, 0.05) is 22.5 Å². The van der Waals surface area contributed by atoms with Gasteiger partial charge in [-0.25, -0.2) is 0 Å². The number of nitrogens with two attached hydrogens (primary N) is 2. The van der Waals surface area contributed by atoms with Crippen LogP contribution in [0.25, 0.3) is 0 Å². The maximum atomic E-state index is 12.3. The number of benzene rings is 2. The van der Waals surface area contributed by atoms with Crippen molar-refractivity contribution in [1.82, 2.24) is 0 Å². The van der Waals surface area contributed by atoms with Crippen molar-refractivity contribution in [1.29, 1.82) is 0 Å². The second kappa shape index (κ2) is 4.71. The highest BCUT2D eigenvalue weighted by molar-refractivity contribution is 6.18. The average Bonchev–Trinajstić information content (AvgIpc) is 2.38. The van der Waals surface area contributed by atoms with E-state index in [1.165, 1.54) is 0 Å². The third-order valence-electron chi connectivity index (χ3n) is 2.69. The number of carbonyl (C=O) groups excluding carboxylic acids is 2. The van der Waals surface area contributed by atoms with Crippen molar-refractivity contribution < 1.29 is 9.59 Å². The summed E-state index contributed by atoms with van der Waals surface area (Å²) in [4.78, 5) is 23.3. The lowest BCUT2D eigenvalue weighted by Gasteiger charge is -2.09. The smallest absolute Gasteiger partial charge is 0.197 e. The third kappa shape index (κ3) is 1.96. The van der Waals surface area contributed by atoms with Gasteiger partial charge in [0.15, 0.2) is 12.1 Å². The van der Waals surface area contributed by atoms with Gasteiger partial charge in [-0.05, 0) is 18.2 Å². The summed E-state index contributed by atoms with van der Waals surface area (Å²) in [5.74, 6) is -0.340. The van der Waals surface area contributed by atoms with Gasteiger partial charge in [0.1, 0.15) is 0 Å². The fourth-order valence-electron chi connectivity index (χ4n) is 1.79. The maximum Gasteiger partial charge on any atom is 0.197 e. The summed E-state index contributed by atoms with van der Waals surface area (Å²) in [6, 6.07) is 11.5. The number of hydrogen-bond acceptors (Lipinski definition) is 4. The summed E-state index contributed by atoms with van der Waals surface area (Å²) in [6.07, 6.45) is 0.614. The molecule has 0 spiro atoms. The van der Waals surface area contributed by atoms with E-state index >= 15 is 0 Å². The van der Waals surface area contributed by atoms with Crippen LogP contribution < -0.4 is 11.5 Å². The minimum absolute atomic E-state index is 0.199. The van der Waals surface area contributed by atoms with Crippen LogP contribution in [0.3, 0.4) is 0 Å². The molecule has 0 amide bonds. The largest absolute Gasteiger partial charge is 0.398 e. The Bertz CT molecular complexity index is 621. The Morgan fingerprint density at radius 3 is 2.28 bits per heavy atom. The third-order valence-corrected chi connectivity index (χ3v) is 2.69. The van der Waals surface area contributed by atoms with E-state index in [2.05, 4.69) is 0 Å². The van der Waals surface area contributed by atoms with Crippen LogP contribution in [-0.4, -0.2) is 12.1 Å². The second-order valence-corrected chi connectivity index (χ2v) is 3.85. The summed E-state index contributed by atoms with van der Waals surface area (Å²) in [6.45, 7) is 0. The molecule has 0 saturated carbocycles. The van der Waals surface area contributed by atoms with E-state index in [1.807, 2.05) is 0 Å². The molecule has 0 aromatic heterocycles. The lowest BCUT2D eigenvalue weighted by molar-refractivity contribution is 0.103. The maximum absolute atomic E-state index is 12.3. The zero-order valence-corrected chi connectivity index (χ0v) is 9.59. The minimum atomic E-state index is -0.340. The number of aldehydes is 1. The summed E-state index contributed by atoms with van der Waals surface area (Å²) in [5.41, 5.74) is 13.0.